The molecular formula is C23H20N2O3. The van der Waals surface area contributed by atoms with Crippen molar-refractivity contribution in [2.24, 2.45) is 0 Å². The predicted octanol–water partition coefficient (Wildman–Crippen LogP) is 5.13. The number of benzene rings is 3. The summed E-state index contributed by atoms with van der Waals surface area (Å²) < 4.78 is 11.3. The lowest BCUT2D eigenvalue weighted by Gasteiger charge is -2.07. The van der Waals surface area contributed by atoms with Crippen LogP contribution in [0.3, 0.4) is 0 Å². The molecule has 1 aromatic heterocycles. The third kappa shape index (κ3) is 3.88. The number of nitrogens with zero attached hydrogens (tertiary/aromatic N) is 1. The second-order valence-electron chi connectivity index (χ2n) is 6.65. The van der Waals surface area contributed by atoms with Gasteiger partial charge in [-0.1, -0.05) is 24.3 Å². The second-order valence-corrected chi connectivity index (χ2v) is 6.65. The summed E-state index contributed by atoms with van der Waals surface area (Å²) in [5, 5.41) is 2.82. The number of anilines is 1. The van der Waals surface area contributed by atoms with E-state index >= 15 is 0 Å². The van der Waals surface area contributed by atoms with Crippen molar-refractivity contribution >= 4 is 22.7 Å². The number of rotatable bonds is 5. The van der Waals surface area contributed by atoms with Gasteiger partial charge in [0.05, 0.1) is 0 Å². The van der Waals surface area contributed by atoms with Gasteiger partial charge in [-0.15, -0.1) is 0 Å². The highest BCUT2D eigenvalue weighted by atomic mass is 16.5. The van der Waals surface area contributed by atoms with Gasteiger partial charge in [-0.25, -0.2) is 4.98 Å². The molecule has 1 N–H and O–H groups in total. The van der Waals surface area contributed by atoms with Gasteiger partial charge < -0.3 is 14.5 Å². The number of carbonyl (C=O) groups is 1. The van der Waals surface area contributed by atoms with E-state index in [-0.39, 0.29) is 12.5 Å². The summed E-state index contributed by atoms with van der Waals surface area (Å²) in [6, 6.07) is 20.7. The normalized spacial score (nSPS) is 10.8. The smallest absolute Gasteiger partial charge is 0.262 e. The fourth-order valence-corrected chi connectivity index (χ4v) is 2.87. The number of aromatic nitrogens is 1. The Morgan fingerprint density at radius 1 is 1.00 bits per heavy atom. The molecule has 0 bridgehead atoms. The molecule has 0 aliphatic heterocycles. The molecule has 0 aliphatic rings. The van der Waals surface area contributed by atoms with Crippen LogP contribution in [0.5, 0.6) is 5.75 Å². The molecule has 3 aromatic carbocycles. The molecule has 0 saturated heterocycles. The standard InChI is InChI=1S/C23H20N2O3/c1-15-8-9-17(12-16(15)2)23-25-20-13-18(10-11-21(20)28-23)24-22(26)14-27-19-6-4-3-5-7-19/h3-13H,14H2,1-2H3,(H,24,26). The van der Waals surface area contributed by atoms with Crippen LogP contribution in [0.15, 0.2) is 71.1 Å². The number of carbonyl (C=O) groups excluding carboxylic acids is 1. The zero-order chi connectivity index (χ0) is 19.5. The fraction of sp³-hybridized carbons (Fsp3) is 0.130. The van der Waals surface area contributed by atoms with E-state index in [1.807, 2.05) is 36.4 Å². The Morgan fingerprint density at radius 2 is 1.82 bits per heavy atom. The summed E-state index contributed by atoms with van der Waals surface area (Å²) in [6.07, 6.45) is 0. The van der Waals surface area contributed by atoms with Crippen molar-refractivity contribution in [1.82, 2.24) is 4.98 Å². The number of amides is 1. The van der Waals surface area contributed by atoms with Crippen LogP contribution in [0, 0.1) is 13.8 Å². The lowest BCUT2D eigenvalue weighted by molar-refractivity contribution is -0.118. The molecule has 5 heteroatoms. The number of nitrogens with one attached hydrogen (secondary N) is 1. The first-order valence-corrected chi connectivity index (χ1v) is 9.04. The van der Waals surface area contributed by atoms with Crippen molar-refractivity contribution in [3.63, 3.8) is 0 Å². The molecule has 0 saturated carbocycles. The molecule has 4 rings (SSSR count). The van der Waals surface area contributed by atoms with E-state index in [1.54, 1.807) is 18.2 Å². The third-order valence-electron chi connectivity index (χ3n) is 4.54. The van der Waals surface area contributed by atoms with Crippen molar-refractivity contribution in [3.8, 4) is 17.2 Å². The zero-order valence-electron chi connectivity index (χ0n) is 15.7. The van der Waals surface area contributed by atoms with E-state index in [1.165, 1.54) is 11.1 Å². The molecule has 140 valence electrons. The monoisotopic (exact) mass is 372 g/mol. The minimum atomic E-state index is -0.235. The SMILES string of the molecule is Cc1ccc(-c2nc3cc(NC(=O)COc4ccccc4)ccc3o2)cc1C. The van der Waals surface area contributed by atoms with Crippen molar-refractivity contribution in [3.05, 3.63) is 77.9 Å². The summed E-state index contributed by atoms with van der Waals surface area (Å²) in [7, 11) is 0. The highest BCUT2D eigenvalue weighted by Crippen LogP contribution is 2.27. The van der Waals surface area contributed by atoms with Crippen LogP contribution in [0.25, 0.3) is 22.6 Å². The lowest BCUT2D eigenvalue weighted by Crippen LogP contribution is -2.20. The summed E-state index contributed by atoms with van der Waals surface area (Å²) in [6.45, 7) is 4.07. The topological polar surface area (TPSA) is 64.4 Å². The second kappa shape index (κ2) is 7.56. The van der Waals surface area contributed by atoms with Crippen LogP contribution < -0.4 is 10.1 Å². The van der Waals surface area contributed by atoms with E-state index in [0.717, 1.165) is 5.56 Å². The molecule has 28 heavy (non-hydrogen) atoms. The molecule has 4 aromatic rings. The molecule has 0 unspecified atom stereocenters. The minimum Gasteiger partial charge on any atom is -0.484 e. The van der Waals surface area contributed by atoms with Crippen LogP contribution in [0.4, 0.5) is 5.69 Å². The van der Waals surface area contributed by atoms with Crippen molar-refractivity contribution in [2.75, 3.05) is 11.9 Å². The molecule has 0 aliphatic carbocycles. The summed E-state index contributed by atoms with van der Waals surface area (Å²) in [4.78, 5) is 16.7. The van der Waals surface area contributed by atoms with Crippen molar-refractivity contribution in [1.29, 1.82) is 0 Å². The zero-order valence-corrected chi connectivity index (χ0v) is 15.7. The molecule has 0 spiro atoms. The predicted molar refractivity (Wildman–Crippen MR) is 109 cm³/mol. The van der Waals surface area contributed by atoms with E-state index < -0.39 is 0 Å². The molecular weight excluding hydrogens is 352 g/mol. The number of hydrogen-bond donors (Lipinski definition) is 1. The first kappa shape index (κ1) is 17.8. The largest absolute Gasteiger partial charge is 0.484 e. The van der Waals surface area contributed by atoms with Gasteiger partial charge in [-0.2, -0.15) is 0 Å². The van der Waals surface area contributed by atoms with E-state index in [0.29, 0.717) is 28.4 Å². The summed E-state index contributed by atoms with van der Waals surface area (Å²) >= 11 is 0. The maximum Gasteiger partial charge on any atom is 0.262 e. The van der Waals surface area contributed by atoms with Gasteiger partial charge in [0.25, 0.3) is 5.91 Å². The Hall–Kier alpha value is -3.60. The number of fused-ring (bicyclic) bond motifs is 1. The molecule has 1 amide bonds. The van der Waals surface area contributed by atoms with Gasteiger partial charge in [-0.05, 0) is 67.4 Å². The van der Waals surface area contributed by atoms with Gasteiger partial charge in [0.1, 0.15) is 11.3 Å². The quantitative estimate of drug-likeness (QED) is 0.527. The first-order valence-electron chi connectivity index (χ1n) is 9.04. The lowest BCUT2D eigenvalue weighted by atomic mass is 10.1. The van der Waals surface area contributed by atoms with E-state index in [2.05, 4.69) is 36.3 Å². The molecule has 5 nitrogen and oxygen atoms in total. The van der Waals surface area contributed by atoms with Crippen LogP contribution in [-0.4, -0.2) is 17.5 Å². The molecule has 0 atom stereocenters. The van der Waals surface area contributed by atoms with E-state index in [4.69, 9.17) is 9.15 Å². The van der Waals surface area contributed by atoms with Crippen LogP contribution in [0.1, 0.15) is 11.1 Å². The average molecular weight is 372 g/mol. The first-order chi connectivity index (χ1) is 13.6. The number of aryl methyl sites for hydroxylation is 2. The highest BCUT2D eigenvalue weighted by Gasteiger charge is 2.11. The Balaban J connectivity index is 1.48. The number of hydrogen-bond acceptors (Lipinski definition) is 4. The van der Waals surface area contributed by atoms with Crippen LogP contribution in [0.2, 0.25) is 0 Å². The van der Waals surface area contributed by atoms with Gasteiger partial charge in [-0.3, -0.25) is 4.79 Å². The van der Waals surface area contributed by atoms with Gasteiger partial charge in [0, 0.05) is 11.3 Å². The van der Waals surface area contributed by atoms with E-state index in [9.17, 15) is 4.79 Å². The Bertz CT molecular complexity index is 1130. The highest BCUT2D eigenvalue weighted by molar-refractivity contribution is 5.94. The van der Waals surface area contributed by atoms with Gasteiger partial charge in [0.2, 0.25) is 5.89 Å². The number of oxazole rings is 1. The van der Waals surface area contributed by atoms with Crippen LogP contribution in [-0.2, 0) is 4.79 Å². The molecule has 0 radical (unpaired) electrons. The molecule has 0 fully saturated rings. The number of ether oxygens (including phenoxy) is 1. The maximum atomic E-state index is 12.1. The van der Waals surface area contributed by atoms with Crippen LogP contribution >= 0.6 is 0 Å². The summed E-state index contributed by atoms with van der Waals surface area (Å²) in [5.41, 5.74) is 5.35. The Labute approximate surface area is 163 Å². The van der Waals surface area contributed by atoms with Crippen molar-refractivity contribution in [2.45, 2.75) is 13.8 Å². The Kier molecular flexibility index (Phi) is 4.81. The minimum absolute atomic E-state index is 0.0608. The average Bonchev–Trinajstić information content (AvgIpc) is 3.13. The van der Waals surface area contributed by atoms with Crippen molar-refractivity contribution < 1.29 is 13.9 Å². The fourth-order valence-electron chi connectivity index (χ4n) is 2.87. The maximum absolute atomic E-state index is 12.1. The Morgan fingerprint density at radius 3 is 2.61 bits per heavy atom. The molecule has 1 heterocycles. The van der Waals surface area contributed by atoms with Gasteiger partial charge in [0.15, 0.2) is 12.2 Å². The summed E-state index contributed by atoms with van der Waals surface area (Å²) in [5.74, 6) is 0.984. The number of para-hydroxylation sites is 1. The van der Waals surface area contributed by atoms with Gasteiger partial charge >= 0.3 is 0 Å². The third-order valence-corrected chi connectivity index (χ3v) is 4.54.